The maximum Gasteiger partial charge on any atom is 0.271 e. The minimum Gasteiger partial charge on any atom is -0.348 e. The zero-order chi connectivity index (χ0) is 13.8. The van der Waals surface area contributed by atoms with Crippen LogP contribution in [-0.2, 0) is 0 Å². The van der Waals surface area contributed by atoms with Crippen molar-refractivity contribution in [1.29, 1.82) is 0 Å². The molecule has 1 aliphatic rings. The molecule has 0 bridgehead atoms. The molecule has 2 N–H and O–H groups in total. The maximum atomic E-state index is 12.0. The Morgan fingerprint density at radius 1 is 1.45 bits per heavy atom. The number of hydrogen-bond donors (Lipinski definition) is 2. The molecule has 110 valence electrons. The van der Waals surface area contributed by atoms with Crippen molar-refractivity contribution in [2.75, 3.05) is 13.1 Å². The summed E-state index contributed by atoms with van der Waals surface area (Å²) in [4.78, 5) is 22.2. The van der Waals surface area contributed by atoms with E-state index in [0.717, 1.165) is 19.4 Å². The van der Waals surface area contributed by atoms with E-state index in [-0.39, 0.29) is 40.6 Å². The highest BCUT2D eigenvalue weighted by molar-refractivity contribution is 6.31. The van der Waals surface area contributed by atoms with Crippen LogP contribution >= 0.6 is 24.0 Å². The molecule has 1 amide bonds. The molecule has 0 aliphatic carbocycles. The summed E-state index contributed by atoms with van der Waals surface area (Å²) < 4.78 is 0. The van der Waals surface area contributed by atoms with Crippen LogP contribution in [0.5, 0.6) is 0 Å². The van der Waals surface area contributed by atoms with Crippen LogP contribution in [0, 0.1) is 10.1 Å². The zero-order valence-corrected chi connectivity index (χ0v) is 12.2. The van der Waals surface area contributed by atoms with Crippen LogP contribution in [0.4, 0.5) is 5.69 Å². The second kappa shape index (κ2) is 7.42. The molecule has 6 nitrogen and oxygen atoms in total. The first kappa shape index (κ1) is 16.7. The average molecular weight is 320 g/mol. The Bertz CT molecular complexity index is 505. The van der Waals surface area contributed by atoms with Crippen molar-refractivity contribution >= 4 is 35.6 Å². The van der Waals surface area contributed by atoms with Gasteiger partial charge in [-0.2, -0.15) is 0 Å². The first-order chi connectivity index (χ1) is 9.06. The van der Waals surface area contributed by atoms with Gasteiger partial charge in [0.25, 0.3) is 11.6 Å². The number of nitro benzene ring substituents is 1. The van der Waals surface area contributed by atoms with Gasteiger partial charge < -0.3 is 10.6 Å². The SMILES string of the molecule is Cl.O=C(N[C@H]1CCCNC1)c1cc(Cl)cc([N+](=O)[O-])c1. The quantitative estimate of drug-likeness (QED) is 0.660. The molecule has 1 atom stereocenters. The van der Waals surface area contributed by atoms with Crippen LogP contribution in [0.25, 0.3) is 0 Å². The Labute approximate surface area is 127 Å². The van der Waals surface area contributed by atoms with Crippen molar-refractivity contribution in [3.8, 4) is 0 Å². The third kappa shape index (κ3) is 4.33. The fourth-order valence-corrected chi connectivity index (χ4v) is 2.28. The van der Waals surface area contributed by atoms with Gasteiger partial charge in [0.15, 0.2) is 0 Å². The highest BCUT2D eigenvalue weighted by Gasteiger charge is 2.18. The monoisotopic (exact) mass is 319 g/mol. The predicted octanol–water partition coefficient (Wildman–Crippen LogP) is 2.15. The van der Waals surface area contributed by atoms with Crippen molar-refractivity contribution in [2.45, 2.75) is 18.9 Å². The summed E-state index contributed by atoms with van der Waals surface area (Å²) in [5, 5.41) is 16.9. The Balaban J connectivity index is 0.00000200. The van der Waals surface area contributed by atoms with Crippen LogP contribution in [0.3, 0.4) is 0 Å². The van der Waals surface area contributed by atoms with Crippen molar-refractivity contribution in [3.05, 3.63) is 38.9 Å². The normalized spacial score (nSPS) is 17.9. The van der Waals surface area contributed by atoms with E-state index in [4.69, 9.17) is 11.6 Å². The van der Waals surface area contributed by atoms with E-state index in [1.807, 2.05) is 0 Å². The van der Waals surface area contributed by atoms with Gasteiger partial charge in [-0.05, 0) is 25.5 Å². The summed E-state index contributed by atoms with van der Waals surface area (Å²) in [7, 11) is 0. The molecule has 1 aromatic carbocycles. The predicted molar refractivity (Wildman–Crippen MR) is 78.7 cm³/mol. The fourth-order valence-electron chi connectivity index (χ4n) is 2.05. The zero-order valence-electron chi connectivity index (χ0n) is 10.6. The molecule has 2 rings (SSSR count). The Morgan fingerprint density at radius 3 is 2.80 bits per heavy atom. The van der Waals surface area contributed by atoms with E-state index in [1.165, 1.54) is 18.2 Å². The van der Waals surface area contributed by atoms with E-state index in [0.29, 0.717) is 6.54 Å². The van der Waals surface area contributed by atoms with Crippen LogP contribution in [0.2, 0.25) is 5.02 Å². The summed E-state index contributed by atoms with van der Waals surface area (Å²) in [6.45, 7) is 1.67. The van der Waals surface area contributed by atoms with Crippen LogP contribution in [0.15, 0.2) is 18.2 Å². The lowest BCUT2D eigenvalue weighted by Crippen LogP contribution is -2.45. The average Bonchev–Trinajstić information content (AvgIpc) is 2.39. The third-order valence-corrected chi connectivity index (χ3v) is 3.21. The smallest absolute Gasteiger partial charge is 0.271 e. The van der Waals surface area contributed by atoms with E-state index in [1.54, 1.807) is 0 Å². The van der Waals surface area contributed by atoms with Gasteiger partial charge in [0.05, 0.1) is 4.92 Å². The van der Waals surface area contributed by atoms with Crippen molar-refractivity contribution in [2.24, 2.45) is 0 Å². The number of nitrogens with zero attached hydrogens (tertiary/aromatic N) is 1. The number of rotatable bonds is 3. The number of nitro groups is 1. The fraction of sp³-hybridized carbons (Fsp3) is 0.417. The molecule has 1 aromatic rings. The van der Waals surface area contributed by atoms with Crippen LogP contribution in [-0.4, -0.2) is 30.0 Å². The molecular formula is C12H15Cl2N3O3. The number of carbonyl (C=O) groups excluding carboxylic acids is 1. The molecule has 0 unspecified atom stereocenters. The highest BCUT2D eigenvalue weighted by Crippen LogP contribution is 2.21. The van der Waals surface area contributed by atoms with Gasteiger partial charge >= 0.3 is 0 Å². The topological polar surface area (TPSA) is 84.3 Å². The highest BCUT2D eigenvalue weighted by atomic mass is 35.5. The molecule has 1 heterocycles. The van der Waals surface area contributed by atoms with Crippen molar-refractivity contribution in [3.63, 3.8) is 0 Å². The van der Waals surface area contributed by atoms with Gasteiger partial charge in [0, 0.05) is 35.3 Å². The summed E-state index contributed by atoms with van der Waals surface area (Å²) in [5.41, 5.74) is 0.0317. The minimum absolute atomic E-state index is 0. The van der Waals surface area contributed by atoms with Crippen molar-refractivity contribution in [1.82, 2.24) is 10.6 Å². The lowest BCUT2D eigenvalue weighted by molar-refractivity contribution is -0.384. The van der Waals surface area contributed by atoms with Crippen LogP contribution in [0.1, 0.15) is 23.2 Å². The molecule has 0 radical (unpaired) electrons. The molecule has 1 fully saturated rings. The van der Waals surface area contributed by atoms with Gasteiger partial charge in [0.1, 0.15) is 0 Å². The lowest BCUT2D eigenvalue weighted by atomic mass is 10.1. The molecule has 20 heavy (non-hydrogen) atoms. The number of hydrogen-bond acceptors (Lipinski definition) is 4. The Hall–Kier alpha value is -1.37. The van der Waals surface area contributed by atoms with Gasteiger partial charge in [-0.1, -0.05) is 11.6 Å². The lowest BCUT2D eigenvalue weighted by Gasteiger charge is -2.23. The first-order valence-electron chi connectivity index (χ1n) is 6.03. The van der Waals surface area contributed by atoms with Crippen molar-refractivity contribution < 1.29 is 9.72 Å². The minimum atomic E-state index is -0.565. The number of halogens is 2. The number of benzene rings is 1. The van der Waals surface area contributed by atoms with Gasteiger partial charge in [-0.25, -0.2) is 0 Å². The maximum absolute atomic E-state index is 12.0. The number of amides is 1. The van der Waals surface area contributed by atoms with Crippen LogP contribution < -0.4 is 10.6 Å². The summed E-state index contributed by atoms with van der Waals surface area (Å²) in [6, 6.07) is 3.94. The molecule has 1 saturated heterocycles. The third-order valence-electron chi connectivity index (χ3n) is 2.99. The molecule has 0 aromatic heterocycles. The van der Waals surface area contributed by atoms with E-state index in [2.05, 4.69) is 10.6 Å². The number of carbonyl (C=O) groups is 1. The van der Waals surface area contributed by atoms with Gasteiger partial charge in [0.2, 0.25) is 0 Å². The van der Waals surface area contributed by atoms with Gasteiger partial charge in [-0.3, -0.25) is 14.9 Å². The summed E-state index contributed by atoms with van der Waals surface area (Å²) in [6.07, 6.45) is 1.90. The second-order valence-corrected chi connectivity index (χ2v) is 4.91. The first-order valence-corrected chi connectivity index (χ1v) is 6.40. The Kier molecular flexibility index (Phi) is 6.19. The number of piperidine rings is 1. The van der Waals surface area contributed by atoms with Gasteiger partial charge in [-0.15, -0.1) is 12.4 Å². The Morgan fingerprint density at radius 2 is 2.20 bits per heavy atom. The standard InChI is InChI=1S/C12H14ClN3O3.ClH/c13-9-4-8(5-11(6-9)16(18)19)12(17)15-10-2-1-3-14-7-10;/h4-6,10,14H,1-3,7H2,(H,15,17);1H/t10-;/m0./s1. The van der Waals surface area contributed by atoms with E-state index in [9.17, 15) is 14.9 Å². The largest absolute Gasteiger partial charge is 0.348 e. The number of non-ortho nitro benzene ring substituents is 1. The van der Waals surface area contributed by atoms with E-state index >= 15 is 0 Å². The molecule has 0 spiro atoms. The number of nitrogens with one attached hydrogen (secondary N) is 2. The molecule has 8 heteroatoms. The molecular weight excluding hydrogens is 305 g/mol. The summed E-state index contributed by atoms with van der Waals surface area (Å²) in [5.74, 6) is -0.334. The summed E-state index contributed by atoms with van der Waals surface area (Å²) >= 11 is 5.78. The molecule has 0 saturated carbocycles. The second-order valence-electron chi connectivity index (χ2n) is 4.47. The molecule has 1 aliphatic heterocycles. The van der Waals surface area contributed by atoms with E-state index < -0.39 is 4.92 Å².